The first kappa shape index (κ1) is 15.9. The Morgan fingerprint density at radius 2 is 2.19 bits per heavy atom. The minimum absolute atomic E-state index is 0.175. The molecule has 0 unspecified atom stereocenters. The van der Waals surface area contributed by atoms with Gasteiger partial charge in [-0.25, -0.2) is 14.1 Å². The van der Waals surface area contributed by atoms with Gasteiger partial charge in [0.2, 0.25) is 5.95 Å². The number of hydrogen-bond acceptors (Lipinski definition) is 8. The zero-order valence-corrected chi connectivity index (χ0v) is 13.8. The highest BCUT2D eigenvalue weighted by atomic mass is 19.1. The van der Waals surface area contributed by atoms with Gasteiger partial charge in [-0.3, -0.25) is 0 Å². The number of nitrogens with zero attached hydrogens (tertiary/aromatic N) is 7. The van der Waals surface area contributed by atoms with E-state index in [1.165, 1.54) is 23.3 Å². The minimum atomic E-state index is -0.414. The van der Waals surface area contributed by atoms with Crippen LogP contribution in [0.4, 0.5) is 21.8 Å². The third-order valence-electron chi connectivity index (χ3n) is 4.12. The van der Waals surface area contributed by atoms with Crippen molar-refractivity contribution in [3.8, 4) is 11.8 Å². The van der Waals surface area contributed by atoms with E-state index < -0.39 is 5.82 Å². The van der Waals surface area contributed by atoms with Crippen molar-refractivity contribution >= 4 is 17.5 Å². The second kappa shape index (κ2) is 6.36. The van der Waals surface area contributed by atoms with Gasteiger partial charge in [-0.1, -0.05) is 0 Å². The molecule has 0 atom stereocenters. The van der Waals surface area contributed by atoms with Gasteiger partial charge in [-0.2, -0.15) is 10.2 Å². The summed E-state index contributed by atoms with van der Waals surface area (Å²) < 4.78 is 16.1. The number of anilines is 3. The van der Waals surface area contributed by atoms with Crippen molar-refractivity contribution < 1.29 is 4.39 Å². The maximum atomic E-state index is 14.6. The molecule has 0 spiro atoms. The Hall–Kier alpha value is -3.61. The average Bonchev–Trinajstić information content (AvgIpc) is 3.37. The van der Waals surface area contributed by atoms with E-state index in [0.717, 1.165) is 18.4 Å². The molecule has 4 rings (SSSR count). The lowest BCUT2D eigenvalue weighted by atomic mass is 10.1. The predicted molar refractivity (Wildman–Crippen MR) is 90.7 cm³/mol. The van der Waals surface area contributed by atoms with E-state index in [2.05, 4.69) is 36.1 Å². The van der Waals surface area contributed by atoms with E-state index in [9.17, 15) is 4.39 Å². The molecule has 2 heterocycles. The molecule has 10 heteroatoms. The number of halogens is 1. The molecule has 2 N–H and O–H groups in total. The van der Waals surface area contributed by atoms with Gasteiger partial charge in [0.25, 0.3) is 0 Å². The monoisotopic (exact) mass is 351 g/mol. The number of hydrogen-bond donors (Lipinski definition) is 2. The number of nitrogens with one attached hydrogen (secondary N) is 2. The smallest absolute Gasteiger partial charge is 0.229 e. The third-order valence-corrected chi connectivity index (χ3v) is 4.12. The Labute approximate surface area is 147 Å². The van der Waals surface area contributed by atoms with E-state index in [-0.39, 0.29) is 11.6 Å². The lowest BCUT2D eigenvalue weighted by Gasteiger charge is -2.13. The first-order valence-electron chi connectivity index (χ1n) is 7.98. The summed E-state index contributed by atoms with van der Waals surface area (Å²) >= 11 is 0. The predicted octanol–water partition coefficient (Wildman–Crippen LogP) is 2.13. The Balaban J connectivity index is 1.73. The fraction of sp³-hybridized carbons (Fsp3) is 0.250. The van der Waals surface area contributed by atoms with Gasteiger partial charge in [-0.15, -0.1) is 5.10 Å². The largest absolute Gasteiger partial charge is 0.372 e. The van der Waals surface area contributed by atoms with Crippen molar-refractivity contribution in [3.63, 3.8) is 0 Å². The summed E-state index contributed by atoms with van der Waals surface area (Å²) in [4.78, 5) is 8.25. The van der Waals surface area contributed by atoms with Crippen molar-refractivity contribution in [1.82, 2.24) is 30.2 Å². The van der Waals surface area contributed by atoms with Crippen LogP contribution in [-0.2, 0) is 0 Å². The van der Waals surface area contributed by atoms with E-state index >= 15 is 0 Å². The highest BCUT2D eigenvalue weighted by Crippen LogP contribution is 2.44. The molecule has 9 nitrogen and oxygen atoms in total. The fourth-order valence-corrected chi connectivity index (χ4v) is 2.70. The molecule has 1 aromatic carbocycles. The molecule has 1 fully saturated rings. The molecule has 3 aromatic rings. The zero-order chi connectivity index (χ0) is 18.1. The molecule has 0 aliphatic heterocycles. The maximum Gasteiger partial charge on any atom is 0.229 e. The highest BCUT2D eigenvalue weighted by Gasteiger charge is 2.28. The minimum Gasteiger partial charge on any atom is -0.372 e. The van der Waals surface area contributed by atoms with Crippen LogP contribution in [0, 0.1) is 17.1 Å². The van der Waals surface area contributed by atoms with Crippen molar-refractivity contribution in [1.29, 1.82) is 5.26 Å². The number of tetrazole rings is 1. The molecule has 0 bridgehead atoms. The van der Waals surface area contributed by atoms with Crippen LogP contribution in [0.25, 0.3) is 5.69 Å². The van der Waals surface area contributed by atoms with Gasteiger partial charge in [0.15, 0.2) is 0 Å². The number of aromatic nitrogens is 6. The van der Waals surface area contributed by atoms with Gasteiger partial charge in [0.1, 0.15) is 29.6 Å². The first-order valence-corrected chi connectivity index (χ1v) is 7.98. The highest BCUT2D eigenvalue weighted by molar-refractivity contribution is 5.63. The van der Waals surface area contributed by atoms with E-state index in [1.54, 1.807) is 13.1 Å². The Bertz CT molecular complexity index is 990. The third kappa shape index (κ3) is 2.90. The first-order chi connectivity index (χ1) is 12.7. The molecular weight excluding hydrogens is 337 g/mol. The van der Waals surface area contributed by atoms with Crippen LogP contribution in [0.15, 0.2) is 24.7 Å². The van der Waals surface area contributed by atoms with Crippen molar-refractivity contribution in [3.05, 3.63) is 41.6 Å². The van der Waals surface area contributed by atoms with E-state index in [4.69, 9.17) is 5.26 Å². The molecular formula is C16H14FN9. The molecule has 1 saturated carbocycles. The number of rotatable bonds is 5. The summed E-state index contributed by atoms with van der Waals surface area (Å²) in [6, 6.07) is 5.13. The summed E-state index contributed by atoms with van der Waals surface area (Å²) in [6.07, 6.45) is 4.89. The summed E-state index contributed by atoms with van der Waals surface area (Å²) in [5, 5.41) is 25.9. The second-order valence-corrected chi connectivity index (χ2v) is 5.86. The molecule has 1 aliphatic rings. The maximum absolute atomic E-state index is 14.6. The molecule has 2 aromatic heterocycles. The Kier molecular flexibility index (Phi) is 3.89. The lowest BCUT2D eigenvalue weighted by molar-refractivity contribution is 0.627. The van der Waals surface area contributed by atoms with Gasteiger partial charge < -0.3 is 10.6 Å². The quantitative estimate of drug-likeness (QED) is 0.718. The second-order valence-electron chi connectivity index (χ2n) is 5.86. The fourth-order valence-electron chi connectivity index (χ4n) is 2.70. The summed E-state index contributed by atoms with van der Waals surface area (Å²) in [5.74, 6) is 0.442. The lowest BCUT2D eigenvalue weighted by Crippen LogP contribution is -2.06. The van der Waals surface area contributed by atoms with Crippen LogP contribution < -0.4 is 10.6 Å². The Morgan fingerprint density at radius 1 is 1.35 bits per heavy atom. The van der Waals surface area contributed by atoms with Gasteiger partial charge in [0.05, 0.1) is 17.6 Å². The molecule has 0 amide bonds. The SMILES string of the molecule is CNc1nc(Nc2cc(-n3cnnn3)c(C3CC3)cc2F)ncc1C#N. The summed E-state index contributed by atoms with van der Waals surface area (Å²) in [6.45, 7) is 0. The van der Waals surface area contributed by atoms with Crippen molar-refractivity contribution in [2.24, 2.45) is 0 Å². The molecule has 26 heavy (non-hydrogen) atoms. The van der Waals surface area contributed by atoms with Crippen LogP contribution in [-0.4, -0.2) is 37.2 Å². The van der Waals surface area contributed by atoms with E-state index in [1.807, 2.05) is 6.07 Å². The molecule has 130 valence electrons. The van der Waals surface area contributed by atoms with Gasteiger partial charge in [0, 0.05) is 7.05 Å². The molecule has 0 saturated heterocycles. The van der Waals surface area contributed by atoms with Gasteiger partial charge >= 0.3 is 0 Å². The van der Waals surface area contributed by atoms with E-state index in [0.29, 0.717) is 23.0 Å². The van der Waals surface area contributed by atoms with Gasteiger partial charge in [-0.05, 0) is 46.9 Å². The van der Waals surface area contributed by atoms with Crippen LogP contribution >= 0.6 is 0 Å². The standard InChI is InChI=1S/C16H14FN9/c1-19-15-10(6-18)7-20-16(23-15)22-13-5-14(26-8-21-24-25-26)11(4-12(13)17)9-2-3-9/h4-5,7-9H,2-3H2,1H3,(H2,19,20,22,23). The summed E-state index contributed by atoms with van der Waals surface area (Å²) in [7, 11) is 1.65. The normalized spacial score (nSPS) is 13.3. The zero-order valence-electron chi connectivity index (χ0n) is 13.8. The van der Waals surface area contributed by atoms with Crippen LogP contribution in [0.1, 0.15) is 29.9 Å². The van der Waals surface area contributed by atoms with Crippen LogP contribution in [0.5, 0.6) is 0 Å². The number of benzene rings is 1. The number of nitriles is 1. The van der Waals surface area contributed by atoms with Crippen LogP contribution in [0.2, 0.25) is 0 Å². The van der Waals surface area contributed by atoms with Crippen molar-refractivity contribution in [2.75, 3.05) is 17.7 Å². The average molecular weight is 351 g/mol. The Morgan fingerprint density at radius 3 is 2.85 bits per heavy atom. The van der Waals surface area contributed by atoms with Crippen LogP contribution in [0.3, 0.4) is 0 Å². The molecule has 0 radical (unpaired) electrons. The molecule has 1 aliphatic carbocycles. The topological polar surface area (TPSA) is 117 Å². The summed E-state index contributed by atoms with van der Waals surface area (Å²) in [5.41, 5.74) is 2.09. The van der Waals surface area contributed by atoms with Crippen molar-refractivity contribution in [2.45, 2.75) is 18.8 Å².